The zero-order chi connectivity index (χ0) is 33.1. The molecule has 4 atom stereocenters. The molecule has 0 N–H and O–H groups in total. The molecule has 2 heterocycles. The van der Waals surface area contributed by atoms with E-state index < -0.39 is 0 Å². The second-order valence-corrected chi connectivity index (χ2v) is 13.7. The maximum Gasteiger partial charge on any atom is 0.103 e. The molecule has 0 saturated carbocycles. The van der Waals surface area contributed by atoms with Gasteiger partial charge in [-0.25, -0.2) is 0 Å². The lowest BCUT2D eigenvalue weighted by Crippen LogP contribution is -2.41. The van der Waals surface area contributed by atoms with Gasteiger partial charge in [-0.1, -0.05) is 116 Å². The van der Waals surface area contributed by atoms with Crippen molar-refractivity contribution in [1.29, 1.82) is 10.5 Å². The van der Waals surface area contributed by atoms with E-state index in [4.69, 9.17) is 0 Å². The maximum absolute atomic E-state index is 10.6. The number of anilines is 4. The molecule has 4 heteroatoms. The topological polar surface area (TPSA) is 54.1 Å². The summed E-state index contributed by atoms with van der Waals surface area (Å²) in [6, 6.07) is 43.6. The van der Waals surface area contributed by atoms with Gasteiger partial charge in [-0.2, -0.15) is 10.5 Å². The van der Waals surface area contributed by atoms with Gasteiger partial charge in [0.05, 0.1) is 28.9 Å². The van der Waals surface area contributed by atoms with Gasteiger partial charge in [0.15, 0.2) is 0 Å². The van der Waals surface area contributed by atoms with Crippen molar-refractivity contribution >= 4 is 22.7 Å². The van der Waals surface area contributed by atoms with Crippen molar-refractivity contribution in [2.45, 2.75) is 43.2 Å². The number of nitrogens with zero attached hydrogens (tertiary/aromatic N) is 4. The van der Waals surface area contributed by atoms with Crippen LogP contribution in [0, 0.1) is 22.7 Å². The van der Waals surface area contributed by atoms with Crippen LogP contribution in [0.2, 0.25) is 0 Å². The van der Waals surface area contributed by atoms with E-state index in [1.54, 1.807) is 6.07 Å². The standard InChI is InChI=1S/C45H34N4/c1-45-25-9-8-22-43(45)49(42-21-7-4-18-39(42)45)44-35(24-23-33(28-46)38(44)29-47)32-14-10-12-30(26-32)31-13-11-15-34(27-31)48-40-19-5-2-16-36(40)37-17-3-6-20-41(37)48/h2-8,10-24,26-27,36,40,43H,9,25H2,1H3. The van der Waals surface area contributed by atoms with E-state index in [-0.39, 0.29) is 17.5 Å². The van der Waals surface area contributed by atoms with Crippen molar-refractivity contribution in [3.8, 4) is 34.4 Å². The molecule has 0 fully saturated rings. The summed E-state index contributed by atoms with van der Waals surface area (Å²) in [5, 5.41) is 20.8. The van der Waals surface area contributed by atoms with Gasteiger partial charge in [-0.05, 0) is 77.1 Å². The number of nitriles is 2. The Morgan fingerprint density at radius 1 is 0.694 bits per heavy atom. The molecule has 234 valence electrons. The molecular weight excluding hydrogens is 597 g/mol. The van der Waals surface area contributed by atoms with Gasteiger partial charge in [0.2, 0.25) is 0 Å². The summed E-state index contributed by atoms with van der Waals surface area (Å²) in [4.78, 5) is 4.80. The monoisotopic (exact) mass is 630 g/mol. The van der Waals surface area contributed by atoms with Crippen molar-refractivity contribution in [2.24, 2.45) is 0 Å². The minimum absolute atomic E-state index is 0.0363. The Bertz CT molecular complexity index is 2330. The normalized spacial score (nSPS) is 22.6. The Labute approximate surface area is 287 Å². The van der Waals surface area contributed by atoms with Crippen LogP contribution < -0.4 is 9.80 Å². The van der Waals surface area contributed by atoms with Crippen LogP contribution in [0.4, 0.5) is 22.7 Å². The Hall–Kier alpha value is -6.10. The third-order valence-electron chi connectivity index (χ3n) is 11.1. The zero-order valence-electron chi connectivity index (χ0n) is 27.3. The number of hydrogen-bond donors (Lipinski definition) is 0. The lowest BCUT2D eigenvalue weighted by atomic mass is 9.72. The number of hydrogen-bond acceptors (Lipinski definition) is 4. The lowest BCUT2D eigenvalue weighted by Gasteiger charge is -2.38. The first-order valence-electron chi connectivity index (χ1n) is 17.1. The van der Waals surface area contributed by atoms with E-state index in [2.05, 4.69) is 162 Å². The third-order valence-corrected chi connectivity index (χ3v) is 11.1. The number of para-hydroxylation sites is 2. The van der Waals surface area contributed by atoms with E-state index in [1.807, 2.05) is 6.07 Å². The van der Waals surface area contributed by atoms with Crippen LogP contribution in [0.3, 0.4) is 0 Å². The second kappa shape index (κ2) is 11.3. The average Bonchev–Trinajstić information content (AvgIpc) is 3.63. The van der Waals surface area contributed by atoms with Crippen LogP contribution in [0.1, 0.15) is 47.9 Å². The molecule has 2 aliphatic heterocycles. The highest BCUT2D eigenvalue weighted by molar-refractivity contribution is 5.92. The molecule has 9 rings (SSSR count). The fourth-order valence-corrected chi connectivity index (χ4v) is 8.78. The SMILES string of the molecule is CC12CCC=CC1N(c1c(-c3cccc(-c4cccc(N5c6ccccc6C6C=CC=CC65)c4)c3)ccc(C#N)c1C#N)c1ccccc12. The number of fused-ring (bicyclic) bond motifs is 6. The predicted octanol–water partition coefficient (Wildman–Crippen LogP) is 10.6. The fourth-order valence-electron chi connectivity index (χ4n) is 8.78. The summed E-state index contributed by atoms with van der Waals surface area (Å²) in [6.07, 6.45) is 15.5. The predicted molar refractivity (Wildman–Crippen MR) is 198 cm³/mol. The van der Waals surface area contributed by atoms with Crippen molar-refractivity contribution in [3.63, 3.8) is 0 Å². The summed E-state index contributed by atoms with van der Waals surface area (Å²) in [5.74, 6) is 0.328. The Kier molecular flexibility index (Phi) is 6.68. The van der Waals surface area contributed by atoms with Crippen LogP contribution in [0.5, 0.6) is 0 Å². The highest BCUT2D eigenvalue weighted by atomic mass is 15.2. The summed E-state index contributed by atoms with van der Waals surface area (Å²) in [7, 11) is 0. The van der Waals surface area contributed by atoms with Crippen LogP contribution in [-0.2, 0) is 5.41 Å². The molecule has 4 unspecified atom stereocenters. The summed E-state index contributed by atoms with van der Waals surface area (Å²) in [6.45, 7) is 2.34. The average molecular weight is 631 g/mol. The number of benzene rings is 5. The van der Waals surface area contributed by atoms with Gasteiger partial charge in [-0.15, -0.1) is 0 Å². The van der Waals surface area contributed by atoms with Crippen LogP contribution >= 0.6 is 0 Å². The molecule has 0 aromatic heterocycles. The highest BCUT2D eigenvalue weighted by Crippen LogP contribution is 2.55. The molecule has 0 amide bonds. The molecule has 5 aromatic carbocycles. The first-order valence-corrected chi connectivity index (χ1v) is 17.1. The lowest BCUT2D eigenvalue weighted by molar-refractivity contribution is 0.401. The number of allylic oxidation sites excluding steroid dienone is 3. The van der Waals surface area contributed by atoms with Gasteiger partial charge in [0.1, 0.15) is 12.1 Å². The van der Waals surface area contributed by atoms with Gasteiger partial charge < -0.3 is 9.80 Å². The van der Waals surface area contributed by atoms with Crippen LogP contribution in [0.25, 0.3) is 22.3 Å². The Morgan fingerprint density at radius 2 is 1.45 bits per heavy atom. The van der Waals surface area contributed by atoms with E-state index in [9.17, 15) is 10.5 Å². The number of rotatable bonds is 4. The molecular formula is C45H34N4. The highest BCUT2D eigenvalue weighted by Gasteiger charge is 2.48. The van der Waals surface area contributed by atoms with Gasteiger partial charge in [-0.3, -0.25) is 0 Å². The summed E-state index contributed by atoms with van der Waals surface area (Å²) in [5.41, 5.74) is 11.9. The second-order valence-electron chi connectivity index (χ2n) is 13.7. The molecule has 4 aliphatic rings. The van der Waals surface area contributed by atoms with Gasteiger partial charge in [0, 0.05) is 34.0 Å². The molecule has 5 aromatic rings. The van der Waals surface area contributed by atoms with Gasteiger partial charge in [0.25, 0.3) is 0 Å². The van der Waals surface area contributed by atoms with Gasteiger partial charge >= 0.3 is 0 Å². The molecule has 2 aliphatic carbocycles. The Morgan fingerprint density at radius 3 is 2.31 bits per heavy atom. The minimum atomic E-state index is -0.100. The summed E-state index contributed by atoms with van der Waals surface area (Å²) < 4.78 is 0. The molecule has 49 heavy (non-hydrogen) atoms. The van der Waals surface area contributed by atoms with E-state index in [1.165, 1.54) is 16.8 Å². The summed E-state index contributed by atoms with van der Waals surface area (Å²) >= 11 is 0. The fraction of sp³-hybridized carbons (Fsp3) is 0.156. The smallest absolute Gasteiger partial charge is 0.103 e. The first kappa shape index (κ1) is 29.1. The van der Waals surface area contributed by atoms with Crippen LogP contribution in [0.15, 0.2) is 146 Å². The van der Waals surface area contributed by atoms with E-state index in [0.717, 1.165) is 52.2 Å². The minimum Gasteiger partial charge on any atom is -0.333 e. The maximum atomic E-state index is 10.6. The largest absolute Gasteiger partial charge is 0.333 e. The molecule has 0 radical (unpaired) electrons. The molecule has 4 nitrogen and oxygen atoms in total. The molecule has 0 saturated heterocycles. The van der Waals surface area contributed by atoms with Crippen molar-refractivity contribution < 1.29 is 0 Å². The molecule has 0 spiro atoms. The van der Waals surface area contributed by atoms with E-state index in [0.29, 0.717) is 17.0 Å². The zero-order valence-corrected chi connectivity index (χ0v) is 27.3. The first-order chi connectivity index (χ1) is 24.1. The van der Waals surface area contributed by atoms with Crippen molar-refractivity contribution in [3.05, 3.63) is 168 Å². The van der Waals surface area contributed by atoms with E-state index >= 15 is 0 Å². The van der Waals surface area contributed by atoms with Crippen LogP contribution in [-0.4, -0.2) is 12.1 Å². The molecule has 0 bridgehead atoms. The van der Waals surface area contributed by atoms with Crippen molar-refractivity contribution in [1.82, 2.24) is 0 Å². The quantitative estimate of drug-likeness (QED) is 0.185. The third kappa shape index (κ3) is 4.35. The van der Waals surface area contributed by atoms with Crippen molar-refractivity contribution in [2.75, 3.05) is 9.80 Å². The Balaban J connectivity index is 1.18.